The van der Waals surface area contributed by atoms with Crippen molar-refractivity contribution in [1.82, 2.24) is 5.32 Å². The lowest BCUT2D eigenvalue weighted by atomic mass is 10.0. The van der Waals surface area contributed by atoms with E-state index in [-0.39, 0.29) is 5.91 Å². The van der Waals surface area contributed by atoms with E-state index in [1.807, 2.05) is 12.2 Å². The van der Waals surface area contributed by atoms with Gasteiger partial charge in [0.05, 0.1) is 0 Å². The first-order chi connectivity index (χ1) is 6.95. The van der Waals surface area contributed by atoms with Gasteiger partial charge >= 0.3 is 0 Å². The number of ether oxygens (including phenoxy) is 1. The molecule has 1 rings (SSSR count). The zero-order valence-electron chi connectivity index (χ0n) is 9.89. The monoisotopic (exact) mass is 209 g/mol. The van der Waals surface area contributed by atoms with Gasteiger partial charge in [0.15, 0.2) is 5.60 Å². The highest BCUT2D eigenvalue weighted by molar-refractivity contribution is 5.84. The number of hydrogen-bond donors (Lipinski definition) is 1. The van der Waals surface area contributed by atoms with Crippen LogP contribution in [-0.4, -0.2) is 18.6 Å². The Labute approximate surface area is 91.2 Å². The van der Waals surface area contributed by atoms with Gasteiger partial charge in [0.1, 0.15) is 5.76 Å². The van der Waals surface area contributed by atoms with E-state index in [9.17, 15) is 4.79 Å². The predicted octanol–water partition coefficient (Wildman–Crippen LogP) is 2.15. The van der Waals surface area contributed by atoms with Crippen LogP contribution in [0.3, 0.4) is 0 Å². The molecule has 0 bridgehead atoms. The van der Waals surface area contributed by atoms with Crippen LogP contribution >= 0.6 is 0 Å². The minimum atomic E-state index is -0.811. The number of carbonyl (C=O) groups is 1. The summed E-state index contributed by atoms with van der Waals surface area (Å²) in [6.07, 6.45) is 6.08. The van der Waals surface area contributed by atoms with Gasteiger partial charge in [-0.1, -0.05) is 5.57 Å². The largest absolute Gasteiger partial charge is 0.478 e. The molecule has 0 aliphatic heterocycles. The van der Waals surface area contributed by atoms with E-state index in [0.717, 1.165) is 18.6 Å². The van der Waals surface area contributed by atoms with E-state index in [1.54, 1.807) is 20.9 Å². The van der Waals surface area contributed by atoms with Crippen LogP contribution in [0.2, 0.25) is 0 Å². The second-order valence-corrected chi connectivity index (χ2v) is 4.33. The highest BCUT2D eigenvalue weighted by Gasteiger charge is 2.29. The molecule has 3 nitrogen and oxygen atoms in total. The molecule has 1 aliphatic rings. The molecular weight excluding hydrogens is 190 g/mol. The Morgan fingerprint density at radius 3 is 2.73 bits per heavy atom. The number of rotatable bonds is 3. The predicted molar refractivity (Wildman–Crippen MR) is 60.3 cm³/mol. The Bertz CT molecular complexity index is 314. The Morgan fingerprint density at radius 2 is 2.20 bits per heavy atom. The van der Waals surface area contributed by atoms with Gasteiger partial charge in [-0.05, 0) is 45.8 Å². The first kappa shape index (κ1) is 11.8. The molecule has 0 heterocycles. The molecule has 0 spiro atoms. The van der Waals surface area contributed by atoms with Gasteiger partial charge < -0.3 is 10.1 Å². The molecule has 0 unspecified atom stereocenters. The Kier molecular flexibility index (Phi) is 3.56. The minimum absolute atomic E-state index is 0.111. The highest BCUT2D eigenvalue weighted by Crippen LogP contribution is 2.22. The van der Waals surface area contributed by atoms with Crippen LogP contribution in [0.1, 0.15) is 33.6 Å². The third-order valence-electron chi connectivity index (χ3n) is 2.42. The summed E-state index contributed by atoms with van der Waals surface area (Å²) >= 11 is 0. The van der Waals surface area contributed by atoms with E-state index >= 15 is 0 Å². The second kappa shape index (κ2) is 4.51. The highest BCUT2D eigenvalue weighted by atomic mass is 16.5. The number of nitrogens with one attached hydrogen (secondary N) is 1. The molecule has 0 aromatic heterocycles. The van der Waals surface area contributed by atoms with Crippen LogP contribution < -0.4 is 5.32 Å². The molecule has 15 heavy (non-hydrogen) atoms. The Morgan fingerprint density at radius 1 is 1.53 bits per heavy atom. The average molecular weight is 209 g/mol. The molecule has 3 heteroatoms. The second-order valence-electron chi connectivity index (χ2n) is 4.33. The van der Waals surface area contributed by atoms with Gasteiger partial charge in [-0.25, -0.2) is 0 Å². The number of allylic oxidation sites excluding steroid dienone is 3. The maximum absolute atomic E-state index is 11.5. The third-order valence-corrected chi connectivity index (χ3v) is 2.42. The topological polar surface area (TPSA) is 38.3 Å². The molecule has 0 fully saturated rings. The average Bonchev–Trinajstić information content (AvgIpc) is 2.15. The molecule has 0 saturated carbocycles. The number of carbonyl (C=O) groups excluding carboxylic acids is 1. The molecule has 1 N–H and O–H groups in total. The Hall–Kier alpha value is -1.25. The van der Waals surface area contributed by atoms with Crippen LogP contribution in [0.15, 0.2) is 23.5 Å². The van der Waals surface area contributed by atoms with Gasteiger partial charge in [-0.2, -0.15) is 0 Å². The summed E-state index contributed by atoms with van der Waals surface area (Å²) in [4.78, 5) is 11.5. The molecule has 0 radical (unpaired) electrons. The minimum Gasteiger partial charge on any atom is -0.478 e. The molecule has 0 atom stereocenters. The maximum atomic E-state index is 11.5. The van der Waals surface area contributed by atoms with Crippen molar-refractivity contribution < 1.29 is 9.53 Å². The van der Waals surface area contributed by atoms with Crippen LogP contribution in [0.4, 0.5) is 0 Å². The SMILES string of the molecule is CNC(=O)C(C)(C)OC1=CCCC(C)=C1. The fourth-order valence-corrected chi connectivity index (χ4v) is 1.53. The van der Waals surface area contributed by atoms with Crippen molar-refractivity contribution in [3.8, 4) is 0 Å². The van der Waals surface area contributed by atoms with Crippen molar-refractivity contribution in [3.05, 3.63) is 23.5 Å². The Balaban J connectivity index is 2.69. The quantitative estimate of drug-likeness (QED) is 0.773. The molecule has 1 amide bonds. The van der Waals surface area contributed by atoms with Crippen LogP contribution in [0.25, 0.3) is 0 Å². The molecule has 0 saturated heterocycles. The molecule has 84 valence electrons. The van der Waals surface area contributed by atoms with E-state index in [0.29, 0.717) is 0 Å². The summed E-state index contributed by atoms with van der Waals surface area (Å²) in [6, 6.07) is 0. The molecule has 0 aromatic carbocycles. The lowest BCUT2D eigenvalue weighted by Crippen LogP contribution is -2.42. The third kappa shape index (κ3) is 3.11. The smallest absolute Gasteiger partial charge is 0.263 e. The lowest BCUT2D eigenvalue weighted by molar-refractivity contribution is -0.137. The number of hydrogen-bond acceptors (Lipinski definition) is 2. The summed E-state index contributed by atoms with van der Waals surface area (Å²) in [7, 11) is 1.61. The van der Waals surface area contributed by atoms with E-state index < -0.39 is 5.60 Å². The van der Waals surface area contributed by atoms with Crippen molar-refractivity contribution in [1.29, 1.82) is 0 Å². The van der Waals surface area contributed by atoms with E-state index in [4.69, 9.17) is 4.74 Å². The molecule has 1 aliphatic carbocycles. The van der Waals surface area contributed by atoms with Crippen LogP contribution in [0.5, 0.6) is 0 Å². The number of amides is 1. The molecule has 0 aromatic rings. The van der Waals surface area contributed by atoms with Gasteiger partial charge in [-0.15, -0.1) is 0 Å². The van der Waals surface area contributed by atoms with Gasteiger partial charge in [0.2, 0.25) is 0 Å². The van der Waals surface area contributed by atoms with Crippen molar-refractivity contribution in [2.75, 3.05) is 7.05 Å². The summed E-state index contributed by atoms with van der Waals surface area (Å²) in [5.74, 6) is 0.687. The normalized spacial score (nSPS) is 16.5. The van der Waals surface area contributed by atoms with Crippen molar-refractivity contribution >= 4 is 5.91 Å². The summed E-state index contributed by atoms with van der Waals surface area (Å²) in [5.41, 5.74) is 0.481. The zero-order chi connectivity index (χ0) is 11.5. The van der Waals surface area contributed by atoms with Crippen molar-refractivity contribution in [2.24, 2.45) is 0 Å². The van der Waals surface area contributed by atoms with Crippen molar-refractivity contribution in [2.45, 2.75) is 39.2 Å². The van der Waals surface area contributed by atoms with E-state index in [1.165, 1.54) is 5.57 Å². The number of likely N-dealkylation sites (N-methyl/N-ethyl adjacent to an activating group) is 1. The van der Waals surface area contributed by atoms with Crippen LogP contribution in [0, 0.1) is 0 Å². The summed E-state index contributed by atoms with van der Waals surface area (Å²) in [6.45, 7) is 5.61. The zero-order valence-corrected chi connectivity index (χ0v) is 9.89. The summed E-state index contributed by atoms with van der Waals surface area (Å²) < 4.78 is 5.67. The van der Waals surface area contributed by atoms with Gasteiger partial charge in [0, 0.05) is 7.05 Å². The van der Waals surface area contributed by atoms with Gasteiger partial charge in [-0.3, -0.25) is 4.79 Å². The fourth-order valence-electron chi connectivity index (χ4n) is 1.53. The van der Waals surface area contributed by atoms with Gasteiger partial charge in [0.25, 0.3) is 5.91 Å². The van der Waals surface area contributed by atoms with Crippen LogP contribution in [-0.2, 0) is 9.53 Å². The summed E-state index contributed by atoms with van der Waals surface area (Å²) in [5, 5.41) is 2.59. The van der Waals surface area contributed by atoms with E-state index in [2.05, 4.69) is 12.2 Å². The van der Waals surface area contributed by atoms with Crippen molar-refractivity contribution in [3.63, 3.8) is 0 Å². The fraction of sp³-hybridized carbons (Fsp3) is 0.583. The molecular formula is C12H19NO2. The first-order valence-electron chi connectivity index (χ1n) is 5.24. The maximum Gasteiger partial charge on any atom is 0.263 e. The first-order valence-corrected chi connectivity index (χ1v) is 5.24. The standard InChI is InChI=1S/C12H19NO2/c1-9-6-5-7-10(8-9)15-12(2,3)11(14)13-4/h7-8H,5-6H2,1-4H3,(H,13,14). The lowest BCUT2D eigenvalue weighted by Gasteiger charge is -2.26.